The van der Waals surface area contributed by atoms with E-state index in [1.807, 2.05) is 24.4 Å². The molecule has 0 atom stereocenters. The topological polar surface area (TPSA) is 52.0 Å². The minimum absolute atomic E-state index is 0.267. The second-order valence-electron chi connectivity index (χ2n) is 6.47. The summed E-state index contributed by atoms with van der Waals surface area (Å²) < 4.78 is 14.0. The van der Waals surface area contributed by atoms with E-state index in [1.54, 1.807) is 18.2 Å². The summed E-state index contributed by atoms with van der Waals surface area (Å²) in [6, 6.07) is 14.4. The van der Waals surface area contributed by atoms with Gasteiger partial charge in [-0.1, -0.05) is 18.2 Å². The van der Waals surface area contributed by atoms with Gasteiger partial charge in [-0.15, -0.1) is 0 Å². The second-order valence-corrected chi connectivity index (χ2v) is 6.47. The second kappa shape index (κ2) is 7.11. The van der Waals surface area contributed by atoms with Crippen LogP contribution in [0.4, 0.5) is 10.2 Å². The molecule has 130 valence electrons. The summed E-state index contributed by atoms with van der Waals surface area (Å²) >= 11 is 0. The van der Waals surface area contributed by atoms with Gasteiger partial charge < -0.3 is 10.2 Å². The summed E-state index contributed by atoms with van der Waals surface area (Å²) in [6.07, 6.45) is 2.87. The van der Waals surface area contributed by atoms with Crippen molar-refractivity contribution in [3.05, 3.63) is 60.0 Å². The number of fused-ring (bicyclic) bond motifs is 1. The molecule has 0 unspecified atom stereocenters. The quantitative estimate of drug-likeness (QED) is 0.768. The van der Waals surface area contributed by atoms with E-state index >= 15 is 0 Å². The van der Waals surface area contributed by atoms with Crippen LogP contribution in [0.25, 0.3) is 21.9 Å². The predicted molar refractivity (Wildman–Crippen MR) is 102 cm³/mol. The maximum Gasteiger partial charge on any atom is 0.136 e. The first-order valence-corrected chi connectivity index (χ1v) is 8.81. The number of nitriles is 1. The van der Waals surface area contributed by atoms with Crippen molar-refractivity contribution < 1.29 is 4.39 Å². The van der Waals surface area contributed by atoms with E-state index in [0.29, 0.717) is 5.56 Å². The Morgan fingerprint density at radius 2 is 2.00 bits per heavy atom. The zero-order valence-corrected chi connectivity index (χ0v) is 14.4. The van der Waals surface area contributed by atoms with Crippen LogP contribution in [-0.2, 0) is 0 Å². The van der Waals surface area contributed by atoms with Gasteiger partial charge in [-0.05, 0) is 48.2 Å². The summed E-state index contributed by atoms with van der Waals surface area (Å²) in [6.45, 7) is 3.63. The monoisotopic (exact) mass is 346 g/mol. The fourth-order valence-corrected chi connectivity index (χ4v) is 3.50. The Kier molecular flexibility index (Phi) is 4.51. The van der Waals surface area contributed by atoms with Crippen LogP contribution in [-0.4, -0.2) is 31.2 Å². The first-order valence-electron chi connectivity index (χ1n) is 8.81. The molecule has 1 aromatic heterocycles. The van der Waals surface area contributed by atoms with Crippen LogP contribution in [0.5, 0.6) is 0 Å². The fourth-order valence-electron chi connectivity index (χ4n) is 3.50. The van der Waals surface area contributed by atoms with Crippen LogP contribution in [0.2, 0.25) is 0 Å². The van der Waals surface area contributed by atoms with Crippen molar-refractivity contribution >= 4 is 16.6 Å². The summed E-state index contributed by atoms with van der Waals surface area (Å²) in [4.78, 5) is 6.91. The Morgan fingerprint density at radius 3 is 2.88 bits per heavy atom. The van der Waals surface area contributed by atoms with Crippen molar-refractivity contribution in [2.24, 2.45) is 0 Å². The van der Waals surface area contributed by atoms with Gasteiger partial charge in [-0.3, -0.25) is 0 Å². The van der Waals surface area contributed by atoms with Crippen molar-refractivity contribution in [1.82, 2.24) is 10.3 Å². The van der Waals surface area contributed by atoms with Crippen molar-refractivity contribution in [2.45, 2.75) is 6.42 Å². The maximum atomic E-state index is 14.0. The number of nitrogens with one attached hydrogen (secondary N) is 1. The van der Waals surface area contributed by atoms with Crippen LogP contribution >= 0.6 is 0 Å². The molecule has 0 saturated carbocycles. The van der Waals surface area contributed by atoms with Gasteiger partial charge in [0, 0.05) is 36.8 Å². The highest BCUT2D eigenvalue weighted by Crippen LogP contribution is 2.34. The Balaban J connectivity index is 1.89. The summed E-state index contributed by atoms with van der Waals surface area (Å²) in [5.74, 6) is 0.555. The molecular formula is C21H19FN4. The highest BCUT2D eigenvalue weighted by molar-refractivity contribution is 6.02. The van der Waals surface area contributed by atoms with E-state index in [-0.39, 0.29) is 5.82 Å². The number of nitrogens with zero attached hydrogens (tertiary/aromatic N) is 3. The smallest absolute Gasteiger partial charge is 0.136 e. The lowest BCUT2D eigenvalue weighted by Crippen LogP contribution is -2.28. The van der Waals surface area contributed by atoms with Gasteiger partial charge in [0.25, 0.3) is 0 Å². The Morgan fingerprint density at radius 1 is 1.08 bits per heavy atom. The van der Waals surface area contributed by atoms with Crippen LogP contribution in [0.15, 0.2) is 48.7 Å². The average Bonchev–Trinajstić information content (AvgIpc) is 2.96. The molecule has 0 spiro atoms. The molecule has 26 heavy (non-hydrogen) atoms. The normalized spacial score (nSPS) is 14.8. The molecule has 0 aliphatic carbocycles. The van der Waals surface area contributed by atoms with E-state index in [0.717, 1.165) is 60.3 Å². The lowest BCUT2D eigenvalue weighted by atomic mass is 9.98. The lowest BCUT2D eigenvalue weighted by molar-refractivity contribution is 0.629. The van der Waals surface area contributed by atoms with E-state index < -0.39 is 0 Å². The van der Waals surface area contributed by atoms with Gasteiger partial charge in [0.1, 0.15) is 11.6 Å². The molecule has 1 aliphatic heterocycles. The molecule has 2 heterocycles. The average molecular weight is 346 g/mol. The highest BCUT2D eigenvalue weighted by Gasteiger charge is 2.17. The largest absolute Gasteiger partial charge is 0.355 e. The highest BCUT2D eigenvalue weighted by atomic mass is 19.1. The first kappa shape index (κ1) is 16.5. The Labute approximate surface area is 151 Å². The van der Waals surface area contributed by atoms with E-state index in [4.69, 9.17) is 4.98 Å². The summed E-state index contributed by atoms with van der Waals surface area (Å²) in [5, 5.41) is 14.3. The molecule has 4 rings (SSSR count). The molecule has 5 heteroatoms. The molecule has 0 amide bonds. The van der Waals surface area contributed by atoms with E-state index in [2.05, 4.69) is 16.3 Å². The van der Waals surface area contributed by atoms with Gasteiger partial charge in [-0.25, -0.2) is 9.37 Å². The third-order valence-electron chi connectivity index (χ3n) is 4.77. The molecule has 0 radical (unpaired) electrons. The van der Waals surface area contributed by atoms with Gasteiger partial charge in [0.15, 0.2) is 0 Å². The van der Waals surface area contributed by atoms with Crippen molar-refractivity contribution in [1.29, 1.82) is 5.26 Å². The van der Waals surface area contributed by atoms with E-state index in [1.165, 1.54) is 6.07 Å². The van der Waals surface area contributed by atoms with Crippen LogP contribution in [0.1, 0.15) is 12.0 Å². The van der Waals surface area contributed by atoms with Gasteiger partial charge in [-0.2, -0.15) is 5.26 Å². The fraction of sp³-hybridized carbons (Fsp3) is 0.238. The zero-order valence-electron chi connectivity index (χ0n) is 14.4. The summed E-state index contributed by atoms with van der Waals surface area (Å²) in [7, 11) is 0. The third-order valence-corrected chi connectivity index (χ3v) is 4.77. The van der Waals surface area contributed by atoms with Crippen molar-refractivity contribution in [3.63, 3.8) is 0 Å². The molecule has 1 N–H and O–H groups in total. The number of hydrogen-bond acceptors (Lipinski definition) is 4. The molecular weight excluding hydrogens is 327 g/mol. The number of benzene rings is 2. The number of anilines is 1. The SMILES string of the molecule is N#Cc1cccc(-c2cnc(N3CCCNCC3)c3cc(F)ccc23)c1. The molecule has 1 fully saturated rings. The first-order chi connectivity index (χ1) is 12.8. The van der Waals surface area contributed by atoms with Gasteiger partial charge in [0.2, 0.25) is 0 Å². The minimum Gasteiger partial charge on any atom is -0.355 e. The zero-order chi connectivity index (χ0) is 17.9. The van der Waals surface area contributed by atoms with Gasteiger partial charge in [0.05, 0.1) is 11.6 Å². The number of aromatic nitrogens is 1. The summed E-state index contributed by atoms with van der Waals surface area (Å²) in [5.41, 5.74) is 2.42. The standard InChI is InChI=1S/C21H19FN4/c22-17-5-6-18-19(12-17)21(26-9-2-7-24-8-10-26)25-14-20(18)16-4-1-3-15(11-16)13-23/h1,3-6,11-12,14,24H,2,7-10H2. The van der Waals surface area contributed by atoms with Crippen LogP contribution in [0.3, 0.4) is 0 Å². The van der Waals surface area contributed by atoms with Crippen molar-refractivity contribution in [2.75, 3.05) is 31.1 Å². The molecule has 0 bridgehead atoms. The third kappa shape index (κ3) is 3.12. The van der Waals surface area contributed by atoms with Crippen LogP contribution < -0.4 is 10.2 Å². The molecule has 3 aromatic rings. The molecule has 4 nitrogen and oxygen atoms in total. The maximum absolute atomic E-state index is 14.0. The van der Waals surface area contributed by atoms with E-state index in [9.17, 15) is 9.65 Å². The Bertz CT molecular complexity index is 985. The number of pyridine rings is 1. The van der Waals surface area contributed by atoms with Crippen molar-refractivity contribution in [3.8, 4) is 17.2 Å². The Hall–Kier alpha value is -2.97. The van der Waals surface area contributed by atoms with Gasteiger partial charge >= 0.3 is 0 Å². The number of rotatable bonds is 2. The molecule has 1 aliphatic rings. The minimum atomic E-state index is -0.267. The molecule has 2 aromatic carbocycles. The predicted octanol–water partition coefficient (Wildman–Crippen LogP) is 3.71. The van der Waals surface area contributed by atoms with Crippen LogP contribution in [0, 0.1) is 17.1 Å². The molecule has 1 saturated heterocycles. The number of hydrogen-bond donors (Lipinski definition) is 1. The lowest BCUT2D eigenvalue weighted by Gasteiger charge is -2.23. The number of halogens is 1.